The highest BCUT2D eigenvalue weighted by molar-refractivity contribution is 5.68. The first-order valence-electron chi connectivity index (χ1n) is 4.23. The average Bonchev–Trinajstić information content (AvgIpc) is 2.16. The van der Waals surface area contributed by atoms with E-state index < -0.39 is 0 Å². The number of benzene rings is 1. The molecule has 1 unspecified atom stereocenters. The number of carbonyl (C=O) groups excluding carboxylic acids is 2. The van der Waals surface area contributed by atoms with E-state index >= 15 is 0 Å². The summed E-state index contributed by atoms with van der Waals surface area (Å²) >= 11 is 0. The summed E-state index contributed by atoms with van der Waals surface area (Å²) in [5, 5.41) is 0. The lowest BCUT2D eigenvalue weighted by Gasteiger charge is -2.06. The molecule has 0 amide bonds. The van der Waals surface area contributed by atoms with E-state index in [1.165, 1.54) is 0 Å². The zero-order chi connectivity index (χ0) is 9.68. The molecule has 2 heteroatoms. The van der Waals surface area contributed by atoms with E-state index in [1.54, 1.807) is 0 Å². The summed E-state index contributed by atoms with van der Waals surface area (Å²) in [4.78, 5) is 20.9. The van der Waals surface area contributed by atoms with E-state index in [1.807, 2.05) is 31.2 Å². The van der Waals surface area contributed by atoms with Gasteiger partial charge in [-0.1, -0.05) is 29.8 Å². The van der Waals surface area contributed by atoms with Gasteiger partial charge >= 0.3 is 0 Å². The predicted molar refractivity (Wildman–Crippen MR) is 50.7 cm³/mol. The van der Waals surface area contributed by atoms with Crippen LogP contribution in [0.2, 0.25) is 0 Å². The van der Waals surface area contributed by atoms with E-state index in [0.29, 0.717) is 0 Å². The van der Waals surface area contributed by atoms with Gasteiger partial charge in [0.15, 0.2) is 0 Å². The number of hydrogen-bond donors (Lipinski definition) is 0. The van der Waals surface area contributed by atoms with E-state index in [-0.39, 0.29) is 12.3 Å². The van der Waals surface area contributed by atoms with Crippen molar-refractivity contribution in [2.45, 2.75) is 19.3 Å². The van der Waals surface area contributed by atoms with Gasteiger partial charge in [0.05, 0.1) is 0 Å². The molecule has 1 aromatic rings. The van der Waals surface area contributed by atoms with Gasteiger partial charge in [-0.15, -0.1) is 0 Å². The Morgan fingerprint density at radius 3 is 2.31 bits per heavy atom. The highest BCUT2D eigenvalue weighted by atomic mass is 16.1. The van der Waals surface area contributed by atoms with Gasteiger partial charge in [0.1, 0.15) is 12.6 Å². The number of carbonyl (C=O) groups is 2. The Hall–Kier alpha value is -1.44. The van der Waals surface area contributed by atoms with E-state index in [2.05, 4.69) is 0 Å². The molecule has 0 aliphatic carbocycles. The Balaban J connectivity index is 2.84. The highest BCUT2D eigenvalue weighted by Gasteiger charge is 2.08. The van der Waals surface area contributed by atoms with Crippen LogP contribution >= 0.6 is 0 Å². The molecular formula is C11H12O2. The third-order valence-electron chi connectivity index (χ3n) is 2.02. The van der Waals surface area contributed by atoms with Crippen LogP contribution in [0.1, 0.15) is 23.5 Å². The highest BCUT2D eigenvalue weighted by Crippen LogP contribution is 2.16. The first kappa shape index (κ1) is 9.65. The fourth-order valence-electron chi connectivity index (χ4n) is 1.19. The van der Waals surface area contributed by atoms with Crippen LogP contribution in [0, 0.1) is 6.92 Å². The van der Waals surface area contributed by atoms with Gasteiger partial charge in [0, 0.05) is 12.3 Å². The van der Waals surface area contributed by atoms with Crippen molar-refractivity contribution >= 4 is 12.6 Å². The van der Waals surface area contributed by atoms with Gasteiger partial charge in [0.25, 0.3) is 0 Å². The minimum Gasteiger partial charge on any atom is -0.303 e. The summed E-state index contributed by atoms with van der Waals surface area (Å²) in [6, 6.07) is 7.66. The third kappa shape index (κ3) is 2.51. The van der Waals surface area contributed by atoms with Crippen molar-refractivity contribution in [3.8, 4) is 0 Å². The van der Waals surface area contributed by atoms with E-state index in [0.717, 1.165) is 23.7 Å². The molecule has 1 atom stereocenters. The summed E-state index contributed by atoms with van der Waals surface area (Å²) < 4.78 is 0. The monoisotopic (exact) mass is 176 g/mol. The number of aldehydes is 2. The van der Waals surface area contributed by atoms with Crippen molar-refractivity contribution in [1.29, 1.82) is 0 Å². The van der Waals surface area contributed by atoms with E-state index in [4.69, 9.17) is 0 Å². The van der Waals surface area contributed by atoms with Crippen molar-refractivity contribution < 1.29 is 9.59 Å². The largest absolute Gasteiger partial charge is 0.303 e. The van der Waals surface area contributed by atoms with Gasteiger partial charge in [0.2, 0.25) is 0 Å². The maximum Gasteiger partial charge on any atom is 0.127 e. The molecule has 13 heavy (non-hydrogen) atoms. The van der Waals surface area contributed by atoms with Crippen molar-refractivity contribution in [2.24, 2.45) is 0 Å². The average molecular weight is 176 g/mol. The quantitative estimate of drug-likeness (QED) is 0.656. The van der Waals surface area contributed by atoms with Gasteiger partial charge in [-0.25, -0.2) is 0 Å². The standard InChI is InChI=1S/C11H12O2/c1-9-2-4-10(5-3-9)11(8-13)6-7-12/h2-5,7-8,11H,6H2,1H3. The molecule has 68 valence electrons. The Kier molecular flexibility index (Phi) is 3.38. The summed E-state index contributed by atoms with van der Waals surface area (Å²) in [5.41, 5.74) is 2.06. The zero-order valence-electron chi connectivity index (χ0n) is 7.57. The van der Waals surface area contributed by atoms with Gasteiger partial charge in [-0.3, -0.25) is 0 Å². The second-order valence-electron chi connectivity index (χ2n) is 3.06. The molecule has 0 aliphatic rings. The fraction of sp³-hybridized carbons (Fsp3) is 0.273. The molecule has 2 nitrogen and oxygen atoms in total. The Labute approximate surface area is 77.6 Å². The molecule has 0 spiro atoms. The van der Waals surface area contributed by atoms with Crippen LogP contribution in [0.5, 0.6) is 0 Å². The number of hydrogen-bond acceptors (Lipinski definition) is 2. The van der Waals surface area contributed by atoms with Crippen LogP contribution in [-0.2, 0) is 9.59 Å². The molecule has 0 aliphatic heterocycles. The van der Waals surface area contributed by atoms with Crippen LogP contribution in [-0.4, -0.2) is 12.6 Å². The second-order valence-corrected chi connectivity index (χ2v) is 3.06. The molecule has 0 bridgehead atoms. The van der Waals surface area contributed by atoms with Crippen molar-refractivity contribution in [2.75, 3.05) is 0 Å². The summed E-state index contributed by atoms with van der Waals surface area (Å²) in [6.07, 6.45) is 1.87. The molecule has 0 radical (unpaired) electrons. The van der Waals surface area contributed by atoms with Gasteiger partial charge in [-0.2, -0.15) is 0 Å². The van der Waals surface area contributed by atoms with Crippen LogP contribution in [0.15, 0.2) is 24.3 Å². The Morgan fingerprint density at radius 2 is 1.85 bits per heavy atom. The SMILES string of the molecule is Cc1ccc(C(C=O)CC=O)cc1. The van der Waals surface area contributed by atoms with Crippen molar-refractivity contribution in [3.63, 3.8) is 0 Å². The topological polar surface area (TPSA) is 34.1 Å². The smallest absolute Gasteiger partial charge is 0.127 e. The normalized spacial score (nSPS) is 12.1. The summed E-state index contributed by atoms with van der Waals surface area (Å²) in [7, 11) is 0. The molecule has 0 saturated carbocycles. The molecule has 1 aromatic carbocycles. The fourth-order valence-corrected chi connectivity index (χ4v) is 1.19. The molecule has 0 fully saturated rings. The van der Waals surface area contributed by atoms with Gasteiger partial charge in [-0.05, 0) is 12.5 Å². The third-order valence-corrected chi connectivity index (χ3v) is 2.02. The lowest BCUT2D eigenvalue weighted by atomic mass is 9.97. The molecule has 0 heterocycles. The van der Waals surface area contributed by atoms with Crippen LogP contribution in [0.4, 0.5) is 0 Å². The number of rotatable bonds is 4. The molecule has 0 aromatic heterocycles. The van der Waals surface area contributed by atoms with Crippen molar-refractivity contribution in [1.82, 2.24) is 0 Å². The molecule has 0 N–H and O–H groups in total. The molecular weight excluding hydrogens is 164 g/mol. The molecule has 0 saturated heterocycles. The minimum absolute atomic E-state index is 0.270. The summed E-state index contributed by atoms with van der Waals surface area (Å²) in [5.74, 6) is -0.280. The minimum atomic E-state index is -0.280. The first-order valence-corrected chi connectivity index (χ1v) is 4.23. The van der Waals surface area contributed by atoms with Crippen LogP contribution in [0.25, 0.3) is 0 Å². The van der Waals surface area contributed by atoms with Crippen molar-refractivity contribution in [3.05, 3.63) is 35.4 Å². The van der Waals surface area contributed by atoms with Crippen LogP contribution in [0.3, 0.4) is 0 Å². The van der Waals surface area contributed by atoms with E-state index in [9.17, 15) is 9.59 Å². The first-order chi connectivity index (χ1) is 6.27. The van der Waals surface area contributed by atoms with Gasteiger partial charge < -0.3 is 9.59 Å². The maximum atomic E-state index is 10.6. The predicted octanol–water partition coefficient (Wildman–Crippen LogP) is 1.87. The summed E-state index contributed by atoms with van der Waals surface area (Å²) in [6.45, 7) is 1.99. The molecule has 1 rings (SSSR count). The second kappa shape index (κ2) is 4.55. The Bertz CT molecular complexity index is 287. The lowest BCUT2D eigenvalue weighted by Crippen LogP contribution is -2.00. The van der Waals surface area contributed by atoms with Crippen LogP contribution < -0.4 is 0 Å². The lowest BCUT2D eigenvalue weighted by molar-refractivity contribution is -0.113. The number of aryl methyl sites for hydroxylation is 1. The zero-order valence-corrected chi connectivity index (χ0v) is 7.57. The Morgan fingerprint density at radius 1 is 1.23 bits per heavy atom. The maximum absolute atomic E-state index is 10.6.